The van der Waals surface area contributed by atoms with E-state index in [1.165, 1.54) is 16.7 Å². The van der Waals surface area contributed by atoms with E-state index in [1.54, 1.807) is 24.3 Å². The van der Waals surface area contributed by atoms with Crippen molar-refractivity contribution in [2.24, 2.45) is 0 Å². The normalized spacial score (nSPS) is 18.1. The molecule has 1 amide bonds. The summed E-state index contributed by atoms with van der Waals surface area (Å²) < 4.78 is 11.6. The lowest BCUT2D eigenvalue weighted by atomic mass is 10.1. The van der Waals surface area contributed by atoms with Gasteiger partial charge in [-0.25, -0.2) is 0 Å². The highest BCUT2D eigenvalue weighted by molar-refractivity contribution is 8.27. The van der Waals surface area contributed by atoms with E-state index in [0.717, 1.165) is 11.3 Å². The van der Waals surface area contributed by atoms with Crippen LogP contribution in [0, 0.1) is 0 Å². The van der Waals surface area contributed by atoms with Crippen LogP contribution in [0.1, 0.15) is 5.56 Å². The molecule has 0 saturated carbocycles. The first-order chi connectivity index (χ1) is 12.1. The third kappa shape index (κ3) is 3.25. The van der Waals surface area contributed by atoms with Gasteiger partial charge in [-0.3, -0.25) is 9.69 Å². The Kier molecular flexibility index (Phi) is 4.41. The average molecular weight is 390 g/mol. The highest BCUT2D eigenvalue weighted by atomic mass is 35.5. The fraction of sp³-hybridized carbons (Fsp3) is 0.111. The standard InChI is InChI=1S/C18H12ClNO3S2/c19-12-2-4-13(5-3-12)20-17(21)16(25-18(20)24)10-11-1-6-14-15(9-11)23-8-7-22-14/h1-6,9-10H,7-8H2/b16-10-. The number of halogens is 1. The van der Waals surface area contributed by atoms with Gasteiger partial charge in [0.2, 0.25) is 0 Å². The summed E-state index contributed by atoms with van der Waals surface area (Å²) in [5.74, 6) is 1.26. The number of nitrogens with zero attached hydrogens (tertiary/aromatic N) is 1. The molecule has 1 fully saturated rings. The fourth-order valence-electron chi connectivity index (χ4n) is 2.58. The van der Waals surface area contributed by atoms with Gasteiger partial charge in [0.25, 0.3) is 5.91 Å². The highest BCUT2D eigenvalue weighted by Gasteiger charge is 2.33. The Hall–Kier alpha value is -2.02. The monoisotopic (exact) mass is 389 g/mol. The quantitative estimate of drug-likeness (QED) is 0.558. The van der Waals surface area contributed by atoms with E-state index in [1.807, 2.05) is 24.3 Å². The zero-order valence-electron chi connectivity index (χ0n) is 12.9. The number of carbonyl (C=O) groups excluding carboxylic acids is 1. The van der Waals surface area contributed by atoms with Crippen molar-refractivity contribution in [2.45, 2.75) is 0 Å². The molecule has 0 radical (unpaired) electrons. The van der Waals surface area contributed by atoms with Gasteiger partial charge in [-0.1, -0.05) is 41.6 Å². The van der Waals surface area contributed by atoms with Gasteiger partial charge in [0.05, 0.1) is 10.6 Å². The maximum Gasteiger partial charge on any atom is 0.270 e. The molecule has 4 nitrogen and oxygen atoms in total. The molecule has 4 rings (SSSR count). The van der Waals surface area contributed by atoms with Crippen LogP contribution < -0.4 is 14.4 Å². The van der Waals surface area contributed by atoms with Crippen molar-refractivity contribution in [3.05, 3.63) is 58.0 Å². The molecule has 2 aromatic carbocycles. The predicted molar refractivity (Wildman–Crippen MR) is 105 cm³/mol. The van der Waals surface area contributed by atoms with Gasteiger partial charge in [-0.15, -0.1) is 0 Å². The van der Waals surface area contributed by atoms with E-state index >= 15 is 0 Å². The number of amides is 1. The second-order valence-electron chi connectivity index (χ2n) is 5.40. The minimum Gasteiger partial charge on any atom is -0.486 e. The van der Waals surface area contributed by atoms with Gasteiger partial charge < -0.3 is 9.47 Å². The molecule has 0 unspecified atom stereocenters. The van der Waals surface area contributed by atoms with E-state index < -0.39 is 0 Å². The number of anilines is 1. The molecule has 7 heteroatoms. The van der Waals surface area contributed by atoms with E-state index in [4.69, 9.17) is 33.3 Å². The number of rotatable bonds is 2. The minimum absolute atomic E-state index is 0.146. The Bertz CT molecular complexity index is 896. The zero-order chi connectivity index (χ0) is 17.4. The van der Waals surface area contributed by atoms with Crippen molar-refractivity contribution in [1.29, 1.82) is 0 Å². The largest absolute Gasteiger partial charge is 0.486 e. The lowest BCUT2D eigenvalue weighted by molar-refractivity contribution is -0.113. The van der Waals surface area contributed by atoms with Crippen molar-refractivity contribution in [2.75, 3.05) is 18.1 Å². The lowest BCUT2D eigenvalue weighted by Crippen LogP contribution is -2.27. The van der Waals surface area contributed by atoms with Crippen molar-refractivity contribution in [3.63, 3.8) is 0 Å². The number of fused-ring (bicyclic) bond motifs is 1. The Morgan fingerprint density at radius 2 is 1.80 bits per heavy atom. The smallest absolute Gasteiger partial charge is 0.270 e. The molecule has 0 atom stereocenters. The maximum atomic E-state index is 12.8. The summed E-state index contributed by atoms with van der Waals surface area (Å²) in [6.07, 6.45) is 1.81. The van der Waals surface area contributed by atoms with Crippen LogP contribution in [0.2, 0.25) is 5.02 Å². The van der Waals surface area contributed by atoms with Crippen LogP contribution in [-0.4, -0.2) is 23.4 Å². The SMILES string of the molecule is O=C1/C(=C/c2ccc3c(c2)OCCO3)SC(=S)N1c1ccc(Cl)cc1. The summed E-state index contributed by atoms with van der Waals surface area (Å²) in [5.41, 5.74) is 1.57. The lowest BCUT2D eigenvalue weighted by Gasteiger charge is -2.18. The summed E-state index contributed by atoms with van der Waals surface area (Å²) in [7, 11) is 0. The van der Waals surface area contributed by atoms with Gasteiger partial charge in [0.1, 0.15) is 13.2 Å². The Morgan fingerprint density at radius 3 is 2.56 bits per heavy atom. The molecule has 1 saturated heterocycles. The van der Waals surface area contributed by atoms with Gasteiger partial charge in [0.15, 0.2) is 15.8 Å². The Balaban J connectivity index is 1.63. The molecule has 126 valence electrons. The molecule has 2 aliphatic heterocycles. The summed E-state index contributed by atoms with van der Waals surface area (Å²) in [6, 6.07) is 12.6. The predicted octanol–water partition coefficient (Wildman–Crippen LogP) is 4.52. The Labute approximate surface area is 159 Å². The molecule has 0 aromatic heterocycles. The topological polar surface area (TPSA) is 38.8 Å². The number of thiocarbonyl (C=S) groups is 1. The number of hydrogen-bond donors (Lipinski definition) is 0. The van der Waals surface area contributed by atoms with Gasteiger partial charge in [-0.2, -0.15) is 0 Å². The third-order valence-corrected chi connectivity index (χ3v) is 5.30. The molecule has 0 aliphatic carbocycles. The Morgan fingerprint density at radius 1 is 1.08 bits per heavy atom. The summed E-state index contributed by atoms with van der Waals surface area (Å²) in [5, 5.41) is 0.612. The van der Waals surface area contributed by atoms with E-state index in [-0.39, 0.29) is 5.91 Å². The van der Waals surface area contributed by atoms with E-state index in [2.05, 4.69) is 0 Å². The first-order valence-corrected chi connectivity index (χ1v) is 9.15. The van der Waals surface area contributed by atoms with Gasteiger partial charge >= 0.3 is 0 Å². The van der Waals surface area contributed by atoms with Crippen LogP contribution in [0.4, 0.5) is 5.69 Å². The third-order valence-electron chi connectivity index (χ3n) is 3.74. The number of ether oxygens (including phenoxy) is 2. The first kappa shape index (κ1) is 16.4. The van der Waals surface area contributed by atoms with Crippen molar-refractivity contribution >= 4 is 57.6 Å². The minimum atomic E-state index is -0.146. The molecule has 2 aromatic rings. The average Bonchev–Trinajstić information content (AvgIpc) is 2.89. The molecule has 25 heavy (non-hydrogen) atoms. The zero-order valence-corrected chi connectivity index (χ0v) is 15.3. The number of hydrogen-bond acceptors (Lipinski definition) is 5. The van der Waals surface area contributed by atoms with Crippen LogP contribution in [-0.2, 0) is 4.79 Å². The number of thioether (sulfide) groups is 1. The second-order valence-corrected chi connectivity index (χ2v) is 7.51. The van der Waals surface area contributed by atoms with E-state index in [9.17, 15) is 4.79 Å². The van der Waals surface area contributed by atoms with E-state index in [0.29, 0.717) is 38.9 Å². The number of carbonyl (C=O) groups is 1. The van der Waals surface area contributed by atoms with Crippen LogP contribution in [0.3, 0.4) is 0 Å². The van der Waals surface area contributed by atoms with Crippen molar-refractivity contribution in [3.8, 4) is 11.5 Å². The summed E-state index contributed by atoms with van der Waals surface area (Å²) in [4.78, 5) is 14.8. The summed E-state index contributed by atoms with van der Waals surface area (Å²) >= 11 is 12.6. The number of benzene rings is 2. The maximum absolute atomic E-state index is 12.8. The fourth-order valence-corrected chi connectivity index (χ4v) is 4.01. The van der Waals surface area contributed by atoms with Crippen molar-refractivity contribution < 1.29 is 14.3 Å². The molecule has 2 aliphatic rings. The van der Waals surface area contributed by atoms with Crippen molar-refractivity contribution in [1.82, 2.24) is 0 Å². The van der Waals surface area contributed by atoms with Crippen LogP contribution >= 0.6 is 35.6 Å². The van der Waals surface area contributed by atoms with Crippen LogP contribution in [0.25, 0.3) is 6.08 Å². The molecular weight excluding hydrogens is 378 g/mol. The first-order valence-electron chi connectivity index (χ1n) is 7.55. The molecular formula is C18H12ClNO3S2. The van der Waals surface area contributed by atoms with Crippen LogP contribution in [0.5, 0.6) is 11.5 Å². The molecule has 0 spiro atoms. The highest BCUT2D eigenvalue weighted by Crippen LogP contribution is 2.37. The molecule has 2 heterocycles. The van der Waals surface area contributed by atoms with Gasteiger partial charge in [0, 0.05) is 5.02 Å². The van der Waals surface area contributed by atoms with Crippen LogP contribution in [0.15, 0.2) is 47.4 Å². The molecule has 0 bridgehead atoms. The molecule has 0 N–H and O–H groups in total. The second kappa shape index (κ2) is 6.71. The summed E-state index contributed by atoms with van der Waals surface area (Å²) in [6.45, 7) is 1.07. The van der Waals surface area contributed by atoms with Gasteiger partial charge in [-0.05, 0) is 48.0 Å².